The van der Waals surface area contributed by atoms with E-state index in [9.17, 15) is 0 Å². The van der Waals surface area contributed by atoms with Gasteiger partial charge in [-0.3, -0.25) is 4.90 Å². The van der Waals surface area contributed by atoms with E-state index in [0.29, 0.717) is 5.82 Å². The molecular weight excluding hydrogens is 412 g/mol. The van der Waals surface area contributed by atoms with Gasteiger partial charge in [0, 0.05) is 13.1 Å². The Balaban J connectivity index is 1.30. The van der Waals surface area contributed by atoms with Crippen LogP contribution in [0.15, 0.2) is 20.4 Å². The lowest BCUT2D eigenvalue weighted by molar-refractivity contribution is 0.102. The van der Waals surface area contributed by atoms with E-state index in [4.69, 9.17) is 4.52 Å². The predicted molar refractivity (Wildman–Crippen MR) is 108 cm³/mol. The maximum absolute atomic E-state index is 5.51. The number of hydrogen-bond donors (Lipinski definition) is 0. The molecule has 2 aliphatic heterocycles. The highest BCUT2D eigenvalue weighted by Gasteiger charge is 2.25. The maximum atomic E-state index is 5.51. The first kappa shape index (κ1) is 18.6. The second-order valence-electron chi connectivity index (χ2n) is 7.84. The Morgan fingerprint density at radius 2 is 2.04 bits per heavy atom. The van der Waals surface area contributed by atoms with Crippen molar-refractivity contribution in [3.8, 4) is 10.7 Å². The molecule has 2 fully saturated rings. The highest BCUT2D eigenvalue weighted by Crippen LogP contribution is 2.29. The van der Waals surface area contributed by atoms with Crippen molar-refractivity contribution >= 4 is 27.3 Å². The minimum Gasteiger partial charge on any atom is -0.338 e. The standard InChI is InChI=1S/C19H27BrN4OS/c1-14-6-9-23(10-7-14)11-15-3-2-8-24(12-15)13-18-21-19(22-25-18)16-4-5-17(20)26-16/h4-5,14-15H,2-3,6-13H2,1H3. The second kappa shape index (κ2) is 8.50. The molecule has 0 radical (unpaired) electrons. The molecule has 142 valence electrons. The second-order valence-corrected chi connectivity index (χ2v) is 10.3. The van der Waals surface area contributed by atoms with Crippen molar-refractivity contribution in [3.05, 3.63) is 21.8 Å². The van der Waals surface area contributed by atoms with Crippen molar-refractivity contribution in [2.24, 2.45) is 11.8 Å². The van der Waals surface area contributed by atoms with Gasteiger partial charge in [0.25, 0.3) is 0 Å². The topological polar surface area (TPSA) is 45.4 Å². The van der Waals surface area contributed by atoms with E-state index in [1.807, 2.05) is 12.1 Å². The van der Waals surface area contributed by atoms with Gasteiger partial charge in [-0.05, 0) is 85.2 Å². The Hall–Kier alpha value is -0.760. The number of aromatic nitrogens is 2. The molecule has 26 heavy (non-hydrogen) atoms. The van der Waals surface area contributed by atoms with E-state index in [-0.39, 0.29) is 0 Å². The normalized spacial score (nSPS) is 23.5. The molecule has 5 nitrogen and oxygen atoms in total. The quantitative estimate of drug-likeness (QED) is 0.686. The average Bonchev–Trinajstić information content (AvgIpc) is 3.26. The third kappa shape index (κ3) is 4.74. The van der Waals surface area contributed by atoms with Crippen LogP contribution in [-0.4, -0.2) is 52.7 Å². The highest BCUT2D eigenvalue weighted by molar-refractivity contribution is 9.11. The summed E-state index contributed by atoms with van der Waals surface area (Å²) in [4.78, 5) is 10.8. The maximum Gasteiger partial charge on any atom is 0.241 e. The summed E-state index contributed by atoms with van der Waals surface area (Å²) in [5, 5.41) is 4.15. The van der Waals surface area contributed by atoms with E-state index >= 15 is 0 Å². The molecule has 7 heteroatoms. The molecule has 0 spiro atoms. The molecule has 2 saturated heterocycles. The number of hydrogen-bond acceptors (Lipinski definition) is 6. The molecule has 4 rings (SSSR count). The Morgan fingerprint density at radius 3 is 2.81 bits per heavy atom. The first-order chi connectivity index (χ1) is 12.7. The van der Waals surface area contributed by atoms with Crippen LogP contribution in [0.5, 0.6) is 0 Å². The van der Waals surface area contributed by atoms with Crippen molar-refractivity contribution in [1.29, 1.82) is 0 Å². The van der Waals surface area contributed by atoms with Crippen LogP contribution in [0.2, 0.25) is 0 Å². The van der Waals surface area contributed by atoms with Gasteiger partial charge in [-0.25, -0.2) is 0 Å². The van der Waals surface area contributed by atoms with Crippen LogP contribution in [0.1, 0.15) is 38.5 Å². The molecule has 0 saturated carbocycles. The van der Waals surface area contributed by atoms with Gasteiger partial charge >= 0.3 is 0 Å². The zero-order valence-electron chi connectivity index (χ0n) is 15.4. The van der Waals surface area contributed by atoms with Crippen molar-refractivity contribution in [2.45, 2.75) is 39.2 Å². The SMILES string of the molecule is CC1CCN(CC2CCCN(Cc3nc(-c4ccc(Br)s4)no3)C2)CC1. The number of rotatable bonds is 5. The molecule has 2 aromatic heterocycles. The molecule has 2 aliphatic rings. The van der Waals surface area contributed by atoms with Gasteiger partial charge < -0.3 is 9.42 Å². The van der Waals surface area contributed by atoms with E-state index in [1.165, 1.54) is 45.3 Å². The van der Waals surface area contributed by atoms with Crippen molar-refractivity contribution < 1.29 is 4.52 Å². The smallest absolute Gasteiger partial charge is 0.241 e. The van der Waals surface area contributed by atoms with Crippen LogP contribution in [0, 0.1) is 11.8 Å². The zero-order valence-corrected chi connectivity index (χ0v) is 17.8. The zero-order chi connectivity index (χ0) is 17.9. The van der Waals surface area contributed by atoms with Crippen LogP contribution < -0.4 is 0 Å². The largest absolute Gasteiger partial charge is 0.338 e. The molecule has 0 bridgehead atoms. The van der Waals surface area contributed by atoms with Crippen molar-refractivity contribution in [1.82, 2.24) is 19.9 Å². The molecule has 0 amide bonds. The van der Waals surface area contributed by atoms with Gasteiger partial charge in [-0.15, -0.1) is 11.3 Å². The van der Waals surface area contributed by atoms with Gasteiger partial charge in [0.2, 0.25) is 11.7 Å². The third-order valence-electron chi connectivity index (χ3n) is 5.62. The van der Waals surface area contributed by atoms with E-state index < -0.39 is 0 Å². The van der Waals surface area contributed by atoms with Crippen LogP contribution in [0.4, 0.5) is 0 Å². The Bertz CT molecular complexity index is 710. The minimum absolute atomic E-state index is 0.701. The summed E-state index contributed by atoms with van der Waals surface area (Å²) in [5.41, 5.74) is 0. The van der Waals surface area contributed by atoms with Gasteiger partial charge in [0.05, 0.1) is 15.2 Å². The van der Waals surface area contributed by atoms with Crippen molar-refractivity contribution in [2.75, 3.05) is 32.7 Å². The van der Waals surface area contributed by atoms with Crippen LogP contribution in [0.25, 0.3) is 10.7 Å². The van der Waals surface area contributed by atoms with E-state index in [2.05, 4.69) is 42.8 Å². The minimum atomic E-state index is 0.701. The number of thiophene rings is 1. The number of piperidine rings is 2. The van der Waals surface area contributed by atoms with Gasteiger partial charge in [-0.1, -0.05) is 12.1 Å². The molecule has 0 aliphatic carbocycles. The van der Waals surface area contributed by atoms with Gasteiger partial charge in [0.1, 0.15) is 0 Å². The van der Waals surface area contributed by atoms with E-state index in [1.54, 1.807) is 11.3 Å². The monoisotopic (exact) mass is 438 g/mol. The molecule has 1 unspecified atom stereocenters. The van der Waals surface area contributed by atoms with Crippen LogP contribution in [-0.2, 0) is 6.54 Å². The number of likely N-dealkylation sites (tertiary alicyclic amines) is 2. The summed E-state index contributed by atoms with van der Waals surface area (Å²) in [6.45, 7) is 9.24. The first-order valence-electron chi connectivity index (χ1n) is 9.68. The lowest BCUT2D eigenvalue weighted by atomic mass is 9.94. The molecule has 2 aromatic rings. The fourth-order valence-electron chi connectivity index (χ4n) is 4.10. The fourth-order valence-corrected chi connectivity index (χ4v) is 5.41. The summed E-state index contributed by atoms with van der Waals surface area (Å²) in [6, 6.07) is 4.05. The highest BCUT2D eigenvalue weighted by atomic mass is 79.9. The fraction of sp³-hybridized carbons (Fsp3) is 0.684. The molecule has 1 atom stereocenters. The Morgan fingerprint density at radius 1 is 1.19 bits per heavy atom. The predicted octanol–water partition coefficient (Wildman–Crippen LogP) is 4.50. The lowest BCUT2D eigenvalue weighted by Crippen LogP contribution is -2.43. The van der Waals surface area contributed by atoms with E-state index in [0.717, 1.165) is 46.0 Å². The first-order valence-corrected chi connectivity index (χ1v) is 11.3. The van der Waals surface area contributed by atoms with Crippen molar-refractivity contribution in [3.63, 3.8) is 0 Å². The van der Waals surface area contributed by atoms with Crippen LogP contribution >= 0.6 is 27.3 Å². The summed E-state index contributed by atoms with van der Waals surface area (Å²) in [6.07, 6.45) is 5.34. The summed E-state index contributed by atoms with van der Waals surface area (Å²) < 4.78 is 6.59. The summed E-state index contributed by atoms with van der Waals surface area (Å²) >= 11 is 5.12. The molecule has 0 aromatic carbocycles. The molecule has 0 N–H and O–H groups in total. The number of nitrogens with zero attached hydrogens (tertiary/aromatic N) is 4. The summed E-state index contributed by atoms with van der Waals surface area (Å²) in [5.74, 6) is 3.11. The Labute approximate surface area is 167 Å². The molecule has 4 heterocycles. The van der Waals surface area contributed by atoms with Gasteiger partial charge in [0.15, 0.2) is 0 Å². The third-order valence-corrected chi connectivity index (χ3v) is 7.24. The Kier molecular flexibility index (Phi) is 6.08. The average molecular weight is 439 g/mol. The summed E-state index contributed by atoms with van der Waals surface area (Å²) in [7, 11) is 0. The van der Waals surface area contributed by atoms with Gasteiger partial charge in [-0.2, -0.15) is 4.98 Å². The number of halogens is 1. The molecular formula is C19H27BrN4OS. The van der Waals surface area contributed by atoms with Crippen LogP contribution in [0.3, 0.4) is 0 Å². The lowest BCUT2D eigenvalue weighted by Gasteiger charge is -2.37.